The molecule has 3 heterocycles. The number of aryl methyl sites for hydroxylation is 1. The fourth-order valence-electron chi connectivity index (χ4n) is 4.20. The molecule has 0 saturated carbocycles. The molecule has 242 valence electrons. The van der Waals surface area contributed by atoms with Crippen LogP contribution >= 0.6 is 0 Å². The number of alkyl halides is 3. The van der Waals surface area contributed by atoms with Gasteiger partial charge in [0.1, 0.15) is 12.4 Å². The van der Waals surface area contributed by atoms with Crippen LogP contribution in [0.2, 0.25) is 0 Å². The van der Waals surface area contributed by atoms with Crippen LogP contribution in [-0.4, -0.2) is 86.6 Å². The number of fused-ring (bicyclic) bond motifs is 2. The summed E-state index contributed by atoms with van der Waals surface area (Å²) in [6.45, 7) is 3.86. The van der Waals surface area contributed by atoms with Crippen LogP contribution in [0.1, 0.15) is 11.3 Å². The molecule has 3 N–H and O–H groups in total. The minimum atomic E-state index is -5.08. The minimum Gasteiger partial charge on any atom is -0.493 e. The highest BCUT2D eigenvalue weighted by Crippen LogP contribution is 2.33. The summed E-state index contributed by atoms with van der Waals surface area (Å²) in [5.41, 5.74) is 3.10. The van der Waals surface area contributed by atoms with Gasteiger partial charge in [-0.05, 0) is 49.9 Å². The van der Waals surface area contributed by atoms with Crippen molar-refractivity contribution in [2.24, 2.45) is 0 Å². The number of aliphatic carboxylic acids is 1. The molecule has 0 aliphatic rings. The van der Waals surface area contributed by atoms with Gasteiger partial charge < -0.3 is 24.4 Å². The quantitative estimate of drug-likeness (QED) is 0.189. The molecule has 0 atom stereocenters. The predicted octanol–water partition coefficient (Wildman–Crippen LogP) is 4.89. The topological polar surface area (TPSA) is 165 Å². The molecule has 5 aromatic rings. The molecule has 0 aliphatic carbocycles. The Bertz CT molecular complexity index is 1830. The second kappa shape index (κ2) is 14.5. The van der Waals surface area contributed by atoms with Gasteiger partial charge in [0.05, 0.1) is 36.3 Å². The number of carboxylic acid groups (broad SMARTS) is 1. The highest BCUT2D eigenvalue weighted by molar-refractivity contribution is 5.87. The molecule has 16 heteroatoms. The number of hydrogen-bond donors (Lipinski definition) is 3. The van der Waals surface area contributed by atoms with E-state index >= 15 is 0 Å². The van der Waals surface area contributed by atoms with Crippen LogP contribution in [0.25, 0.3) is 21.8 Å². The molecule has 5 rings (SSSR count). The number of methoxy groups -OCH3 is 2. The lowest BCUT2D eigenvalue weighted by Crippen LogP contribution is -2.23. The smallest absolute Gasteiger partial charge is 0.490 e. The summed E-state index contributed by atoms with van der Waals surface area (Å²) in [5.74, 6) is -0.689. The predicted molar refractivity (Wildman–Crippen MR) is 162 cm³/mol. The summed E-state index contributed by atoms with van der Waals surface area (Å²) in [6, 6.07) is 12.9. The number of hydrogen-bond acceptors (Lipinski definition) is 12. The number of carbonyl (C=O) groups is 1. The number of aromatic nitrogens is 5. The molecular formula is C30H30F3N7O6. The van der Waals surface area contributed by atoms with E-state index in [0.717, 1.165) is 29.7 Å². The standard InChI is InChI=1S/C28H29N7O4.C2HF3O2/c1-17-20-13-24(37-3)25(38-4)14-23(20)32-27(30-17)34-28-31-22-8-7-19(12-21(22)26(36)33-28)39-11-10-35(2)16-18-6-5-9-29-15-18;3-2(4,5)1(6)7/h5-9,12-15H,10-11,16H2,1-4H3,(H2,30,31,32,33,34,36);(H,6,7). The molecule has 0 fully saturated rings. The van der Waals surface area contributed by atoms with Crippen molar-refractivity contribution in [3.05, 3.63) is 66.1 Å². The van der Waals surface area contributed by atoms with Crippen molar-refractivity contribution in [2.75, 3.05) is 39.7 Å². The monoisotopic (exact) mass is 641 g/mol. The van der Waals surface area contributed by atoms with E-state index in [2.05, 4.69) is 35.1 Å². The van der Waals surface area contributed by atoms with E-state index in [4.69, 9.17) is 24.1 Å². The number of ether oxygens (including phenoxy) is 3. The van der Waals surface area contributed by atoms with Crippen molar-refractivity contribution in [1.29, 1.82) is 0 Å². The Labute approximate surface area is 260 Å². The first kappa shape index (κ1) is 33.4. The third kappa shape index (κ3) is 8.56. The van der Waals surface area contributed by atoms with Crippen molar-refractivity contribution >= 4 is 39.7 Å². The number of aromatic hydroxyl groups is 1. The number of nitrogens with zero attached hydrogens (tertiary/aromatic N) is 6. The summed E-state index contributed by atoms with van der Waals surface area (Å²) >= 11 is 0. The van der Waals surface area contributed by atoms with Crippen LogP contribution in [0.4, 0.5) is 25.1 Å². The van der Waals surface area contributed by atoms with Crippen molar-refractivity contribution in [3.8, 4) is 23.1 Å². The minimum absolute atomic E-state index is 0.171. The van der Waals surface area contributed by atoms with Crippen molar-refractivity contribution in [3.63, 3.8) is 0 Å². The molecule has 0 unspecified atom stereocenters. The van der Waals surface area contributed by atoms with E-state index in [-0.39, 0.29) is 11.8 Å². The van der Waals surface area contributed by atoms with Crippen LogP contribution in [0.5, 0.6) is 23.1 Å². The van der Waals surface area contributed by atoms with Crippen molar-refractivity contribution in [1.82, 2.24) is 29.8 Å². The van der Waals surface area contributed by atoms with Gasteiger partial charge in [0, 0.05) is 36.9 Å². The molecule has 0 spiro atoms. The Morgan fingerprint density at radius 1 is 0.957 bits per heavy atom. The van der Waals surface area contributed by atoms with Gasteiger partial charge in [0.15, 0.2) is 11.5 Å². The Kier molecular flexibility index (Phi) is 10.5. The van der Waals surface area contributed by atoms with Crippen LogP contribution < -0.4 is 19.5 Å². The molecular weight excluding hydrogens is 611 g/mol. The molecule has 0 amide bonds. The lowest BCUT2D eigenvalue weighted by Gasteiger charge is -2.17. The summed E-state index contributed by atoms with van der Waals surface area (Å²) in [5, 5.41) is 22.1. The molecule has 2 aromatic carbocycles. The van der Waals surface area contributed by atoms with Gasteiger partial charge >= 0.3 is 12.1 Å². The van der Waals surface area contributed by atoms with Crippen molar-refractivity contribution in [2.45, 2.75) is 19.6 Å². The zero-order chi connectivity index (χ0) is 33.4. The number of benzene rings is 2. The summed E-state index contributed by atoms with van der Waals surface area (Å²) in [7, 11) is 5.18. The maximum absolute atomic E-state index is 10.7. The number of likely N-dealkylation sites (N-methyl/N-ethyl adjacent to an activating group) is 1. The van der Waals surface area contributed by atoms with E-state index in [1.165, 1.54) is 0 Å². The lowest BCUT2D eigenvalue weighted by molar-refractivity contribution is -0.192. The molecule has 46 heavy (non-hydrogen) atoms. The van der Waals surface area contributed by atoms with E-state index < -0.39 is 12.1 Å². The Morgan fingerprint density at radius 2 is 1.63 bits per heavy atom. The average Bonchev–Trinajstić information content (AvgIpc) is 3.01. The third-order valence-electron chi connectivity index (χ3n) is 6.42. The van der Waals surface area contributed by atoms with Gasteiger partial charge in [0.25, 0.3) is 0 Å². The summed E-state index contributed by atoms with van der Waals surface area (Å²) < 4.78 is 48.4. The molecule has 0 radical (unpaired) electrons. The number of pyridine rings is 1. The van der Waals surface area contributed by atoms with Gasteiger partial charge in [0.2, 0.25) is 17.8 Å². The second-order valence-corrected chi connectivity index (χ2v) is 9.78. The normalized spacial score (nSPS) is 11.2. The van der Waals surface area contributed by atoms with E-state index in [1.807, 2.05) is 44.4 Å². The zero-order valence-corrected chi connectivity index (χ0v) is 25.2. The van der Waals surface area contributed by atoms with Gasteiger partial charge in [-0.1, -0.05) is 6.07 Å². The fourth-order valence-corrected chi connectivity index (χ4v) is 4.20. The lowest BCUT2D eigenvalue weighted by atomic mass is 10.1. The maximum atomic E-state index is 10.7. The van der Waals surface area contributed by atoms with Gasteiger partial charge in [-0.25, -0.2) is 19.7 Å². The van der Waals surface area contributed by atoms with Gasteiger partial charge in [-0.3, -0.25) is 15.2 Å². The molecule has 0 bridgehead atoms. The molecule has 0 aliphatic heterocycles. The van der Waals surface area contributed by atoms with Gasteiger partial charge in [-0.15, -0.1) is 0 Å². The van der Waals surface area contributed by atoms with E-state index in [9.17, 15) is 18.3 Å². The number of nitrogens with one attached hydrogen (secondary N) is 1. The first-order chi connectivity index (χ1) is 21.9. The van der Waals surface area contributed by atoms with Gasteiger partial charge in [-0.2, -0.15) is 18.2 Å². The Balaban J connectivity index is 0.000000617. The highest BCUT2D eigenvalue weighted by Gasteiger charge is 2.38. The first-order valence-corrected chi connectivity index (χ1v) is 13.6. The Hall–Kier alpha value is -5.51. The third-order valence-corrected chi connectivity index (χ3v) is 6.42. The number of carboxylic acids is 1. The van der Waals surface area contributed by atoms with E-state index in [0.29, 0.717) is 46.2 Å². The first-order valence-electron chi connectivity index (χ1n) is 13.6. The average molecular weight is 642 g/mol. The summed E-state index contributed by atoms with van der Waals surface area (Å²) in [4.78, 5) is 33.0. The van der Waals surface area contributed by atoms with Crippen molar-refractivity contribution < 1.29 is 42.4 Å². The number of halogens is 3. The largest absolute Gasteiger partial charge is 0.493 e. The SMILES string of the molecule is COc1cc2nc(Nc3nc(O)c4cc(OCCN(C)Cc5cccnc5)ccc4n3)nc(C)c2cc1OC.O=C(O)C(F)(F)F. The summed E-state index contributed by atoms with van der Waals surface area (Å²) in [6.07, 6.45) is -1.47. The fraction of sp³-hybridized carbons (Fsp3) is 0.267. The second-order valence-electron chi connectivity index (χ2n) is 9.78. The maximum Gasteiger partial charge on any atom is 0.490 e. The number of anilines is 2. The van der Waals surface area contributed by atoms with Crippen LogP contribution in [-0.2, 0) is 11.3 Å². The van der Waals surface area contributed by atoms with Crippen LogP contribution in [0.15, 0.2) is 54.9 Å². The van der Waals surface area contributed by atoms with Crippen LogP contribution in [0, 0.1) is 6.92 Å². The number of rotatable bonds is 10. The molecule has 13 nitrogen and oxygen atoms in total. The highest BCUT2D eigenvalue weighted by atomic mass is 19.4. The van der Waals surface area contributed by atoms with Crippen LogP contribution in [0.3, 0.4) is 0 Å². The molecule has 3 aromatic heterocycles. The zero-order valence-electron chi connectivity index (χ0n) is 25.2. The molecule has 0 saturated heterocycles. The van der Waals surface area contributed by atoms with E-state index in [1.54, 1.807) is 38.6 Å². The Morgan fingerprint density at radius 3 is 2.28 bits per heavy atom.